The van der Waals surface area contributed by atoms with Crippen LogP contribution in [0.25, 0.3) is 0 Å². The topological polar surface area (TPSA) is 65.1 Å². The Balaban J connectivity index is 2.61. The SMILES string of the molecule is COCCC(NN)c1nccn1C. The van der Waals surface area contributed by atoms with Crippen molar-refractivity contribution in [3.05, 3.63) is 18.2 Å². The Bertz CT molecular complexity index is 248. The van der Waals surface area contributed by atoms with Crippen molar-refractivity contribution in [2.24, 2.45) is 12.9 Å². The Morgan fingerprint density at radius 3 is 3.00 bits per heavy atom. The quantitative estimate of drug-likeness (QED) is 0.498. The van der Waals surface area contributed by atoms with Gasteiger partial charge in [0.15, 0.2) is 0 Å². The van der Waals surface area contributed by atoms with Crippen molar-refractivity contribution in [2.75, 3.05) is 13.7 Å². The number of nitrogens with one attached hydrogen (secondary N) is 1. The summed E-state index contributed by atoms with van der Waals surface area (Å²) in [5.74, 6) is 6.34. The van der Waals surface area contributed by atoms with Crippen LogP contribution in [0.1, 0.15) is 18.3 Å². The van der Waals surface area contributed by atoms with Gasteiger partial charge in [-0.1, -0.05) is 0 Å². The predicted octanol–water partition coefficient (Wildman–Crippen LogP) is -0.0390. The molecule has 0 saturated carbocycles. The number of nitrogens with zero attached hydrogens (tertiary/aromatic N) is 2. The van der Waals surface area contributed by atoms with Crippen molar-refractivity contribution in [1.82, 2.24) is 15.0 Å². The zero-order valence-electron chi connectivity index (χ0n) is 8.03. The van der Waals surface area contributed by atoms with E-state index in [9.17, 15) is 0 Å². The van der Waals surface area contributed by atoms with E-state index in [0.29, 0.717) is 6.61 Å². The molecule has 0 aromatic carbocycles. The maximum absolute atomic E-state index is 5.41. The van der Waals surface area contributed by atoms with Crippen LogP contribution in [0.2, 0.25) is 0 Å². The van der Waals surface area contributed by atoms with Crippen molar-refractivity contribution in [3.63, 3.8) is 0 Å². The Hall–Kier alpha value is -0.910. The molecule has 3 N–H and O–H groups in total. The summed E-state index contributed by atoms with van der Waals surface area (Å²) in [5.41, 5.74) is 2.72. The molecular formula is C8H16N4O. The van der Waals surface area contributed by atoms with E-state index in [1.54, 1.807) is 13.3 Å². The third-order valence-electron chi connectivity index (χ3n) is 1.98. The first-order valence-electron chi connectivity index (χ1n) is 4.22. The fourth-order valence-corrected chi connectivity index (χ4v) is 1.24. The fourth-order valence-electron chi connectivity index (χ4n) is 1.24. The molecule has 0 fully saturated rings. The molecule has 0 aliphatic rings. The molecule has 0 aliphatic heterocycles. The normalized spacial score (nSPS) is 13.2. The summed E-state index contributed by atoms with van der Waals surface area (Å²) < 4.78 is 6.92. The first-order valence-corrected chi connectivity index (χ1v) is 4.22. The van der Waals surface area contributed by atoms with Crippen LogP contribution in [-0.2, 0) is 11.8 Å². The third kappa shape index (κ3) is 2.51. The molecule has 0 radical (unpaired) electrons. The minimum absolute atomic E-state index is 0.0555. The highest BCUT2D eigenvalue weighted by Crippen LogP contribution is 2.12. The highest BCUT2D eigenvalue weighted by Gasteiger charge is 2.13. The molecule has 74 valence electrons. The number of rotatable bonds is 5. The first kappa shape index (κ1) is 10.2. The Kier molecular flexibility index (Phi) is 3.88. The smallest absolute Gasteiger partial charge is 0.127 e. The highest BCUT2D eigenvalue weighted by atomic mass is 16.5. The van der Waals surface area contributed by atoms with Gasteiger partial charge < -0.3 is 9.30 Å². The van der Waals surface area contributed by atoms with Crippen molar-refractivity contribution < 1.29 is 4.74 Å². The molecule has 0 aliphatic carbocycles. The van der Waals surface area contributed by atoms with E-state index in [4.69, 9.17) is 10.6 Å². The number of hydrogen-bond acceptors (Lipinski definition) is 4. The second-order valence-corrected chi connectivity index (χ2v) is 2.90. The van der Waals surface area contributed by atoms with Crippen molar-refractivity contribution >= 4 is 0 Å². The second kappa shape index (κ2) is 4.96. The maximum Gasteiger partial charge on any atom is 0.127 e. The monoisotopic (exact) mass is 184 g/mol. The van der Waals surface area contributed by atoms with Gasteiger partial charge in [0.25, 0.3) is 0 Å². The van der Waals surface area contributed by atoms with E-state index in [-0.39, 0.29) is 6.04 Å². The number of aromatic nitrogens is 2. The molecule has 1 unspecified atom stereocenters. The van der Waals surface area contributed by atoms with Gasteiger partial charge >= 0.3 is 0 Å². The summed E-state index contributed by atoms with van der Waals surface area (Å²) in [6.07, 6.45) is 4.47. The lowest BCUT2D eigenvalue weighted by molar-refractivity contribution is 0.181. The van der Waals surface area contributed by atoms with E-state index < -0.39 is 0 Å². The molecule has 1 aromatic heterocycles. The molecule has 0 spiro atoms. The molecule has 1 aromatic rings. The van der Waals surface area contributed by atoms with Crippen LogP contribution in [0, 0.1) is 0 Å². The highest BCUT2D eigenvalue weighted by molar-refractivity contribution is 4.97. The van der Waals surface area contributed by atoms with Gasteiger partial charge in [-0.15, -0.1) is 0 Å². The van der Waals surface area contributed by atoms with E-state index in [0.717, 1.165) is 12.2 Å². The van der Waals surface area contributed by atoms with Crippen molar-refractivity contribution in [2.45, 2.75) is 12.5 Å². The van der Waals surface area contributed by atoms with Gasteiger partial charge in [0, 0.05) is 33.2 Å². The van der Waals surface area contributed by atoms with Crippen LogP contribution in [0.4, 0.5) is 0 Å². The average Bonchev–Trinajstić information content (AvgIpc) is 2.54. The summed E-state index contributed by atoms with van der Waals surface area (Å²) in [6, 6.07) is 0.0555. The Morgan fingerprint density at radius 1 is 1.77 bits per heavy atom. The van der Waals surface area contributed by atoms with Crippen LogP contribution < -0.4 is 11.3 Å². The Labute approximate surface area is 77.9 Å². The number of nitrogens with two attached hydrogens (primary N) is 1. The van der Waals surface area contributed by atoms with Gasteiger partial charge in [-0.3, -0.25) is 5.84 Å². The molecule has 5 nitrogen and oxygen atoms in total. The molecule has 1 rings (SSSR count). The summed E-state index contributed by atoms with van der Waals surface area (Å²) in [7, 11) is 3.62. The number of aryl methyl sites for hydroxylation is 1. The van der Waals surface area contributed by atoms with E-state index in [1.165, 1.54) is 0 Å². The molecule has 0 amide bonds. The number of methoxy groups -OCH3 is 1. The predicted molar refractivity (Wildman–Crippen MR) is 49.8 cm³/mol. The number of hydrazine groups is 1. The summed E-state index contributed by atoms with van der Waals surface area (Å²) in [4.78, 5) is 4.20. The zero-order valence-corrected chi connectivity index (χ0v) is 8.03. The standard InChI is InChI=1S/C8H16N4O/c1-12-5-4-10-8(12)7(11-9)3-6-13-2/h4-5,7,11H,3,6,9H2,1-2H3. The number of hydrogen-bond donors (Lipinski definition) is 2. The summed E-state index contributed by atoms with van der Waals surface area (Å²) in [5, 5.41) is 0. The van der Waals surface area contributed by atoms with E-state index in [1.807, 2.05) is 17.8 Å². The summed E-state index contributed by atoms with van der Waals surface area (Å²) in [6.45, 7) is 0.668. The van der Waals surface area contributed by atoms with Crippen LogP contribution in [0.15, 0.2) is 12.4 Å². The lowest BCUT2D eigenvalue weighted by Crippen LogP contribution is -2.30. The molecule has 0 saturated heterocycles. The molecule has 1 heterocycles. The van der Waals surface area contributed by atoms with Crippen LogP contribution in [0.5, 0.6) is 0 Å². The van der Waals surface area contributed by atoms with Gasteiger partial charge in [0.2, 0.25) is 0 Å². The van der Waals surface area contributed by atoms with E-state index in [2.05, 4.69) is 10.4 Å². The van der Waals surface area contributed by atoms with Crippen molar-refractivity contribution in [1.29, 1.82) is 0 Å². The molecule has 0 bridgehead atoms. The fraction of sp³-hybridized carbons (Fsp3) is 0.625. The largest absolute Gasteiger partial charge is 0.385 e. The Morgan fingerprint density at radius 2 is 2.54 bits per heavy atom. The average molecular weight is 184 g/mol. The number of ether oxygens (including phenoxy) is 1. The molecular weight excluding hydrogens is 168 g/mol. The van der Waals surface area contributed by atoms with Gasteiger partial charge in [-0.2, -0.15) is 0 Å². The first-order chi connectivity index (χ1) is 6.29. The second-order valence-electron chi connectivity index (χ2n) is 2.90. The lowest BCUT2D eigenvalue weighted by atomic mass is 10.2. The summed E-state index contributed by atoms with van der Waals surface area (Å²) >= 11 is 0. The number of imidazole rings is 1. The molecule has 13 heavy (non-hydrogen) atoms. The lowest BCUT2D eigenvalue weighted by Gasteiger charge is -2.14. The molecule has 5 heteroatoms. The van der Waals surface area contributed by atoms with Gasteiger partial charge in [-0.05, 0) is 6.42 Å². The van der Waals surface area contributed by atoms with Gasteiger partial charge in [0.1, 0.15) is 5.82 Å². The minimum atomic E-state index is 0.0555. The maximum atomic E-state index is 5.41. The zero-order chi connectivity index (χ0) is 9.68. The minimum Gasteiger partial charge on any atom is -0.385 e. The van der Waals surface area contributed by atoms with Crippen molar-refractivity contribution in [3.8, 4) is 0 Å². The van der Waals surface area contributed by atoms with Crippen LogP contribution in [-0.4, -0.2) is 23.3 Å². The third-order valence-corrected chi connectivity index (χ3v) is 1.98. The van der Waals surface area contributed by atoms with Gasteiger partial charge in [-0.25, -0.2) is 10.4 Å². The van der Waals surface area contributed by atoms with E-state index >= 15 is 0 Å². The van der Waals surface area contributed by atoms with Crippen LogP contribution >= 0.6 is 0 Å². The van der Waals surface area contributed by atoms with Gasteiger partial charge in [0.05, 0.1) is 6.04 Å². The van der Waals surface area contributed by atoms with Crippen LogP contribution in [0.3, 0.4) is 0 Å². The molecule has 1 atom stereocenters.